The minimum Gasteiger partial charge on any atom is -0.354 e. The fourth-order valence-electron chi connectivity index (χ4n) is 3.03. The lowest BCUT2D eigenvalue weighted by atomic mass is 9.99. The first-order valence-corrected chi connectivity index (χ1v) is 8.25. The van der Waals surface area contributed by atoms with Crippen LogP contribution in [0.2, 0.25) is 5.02 Å². The number of nitrogens with two attached hydrogens (primary N) is 1. The molecule has 0 saturated heterocycles. The Labute approximate surface area is 140 Å². The summed E-state index contributed by atoms with van der Waals surface area (Å²) in [6.45, 7) is 2.68. The SMILES string of the molecule is Cc1c(Cl)ccc2c(CCCCN)c(-c3cccc(F)c3)[nH]c12. The van der Waals surface area contributed by atoms with Crippen molar-refractivity contribution in [3.63, 3.8) is 0 Å². The largest absolute Gasteiger partial charge is 0.354 e. The number of aryl methyl sites for hydroxylation is 2. The topological polar surface area (TPSA) is 41.8 Å². The van der Waals surface area contributed by atoms with Crippen LogP contribution in [0.15, 0.2) is 36.4 Å². The second-order valence-electron chi connectivity index (χ2n) is 5.83. The summed E-state index contributed by atoms with van der Waals surface area (Å²) in [7, 11) is 0. The van der Waals surface area contributed by atoms with Crippen LogP contribution in [0.5, 0.6) is 0 Å². The van der Waals surface area contributed by atoms with E-state index in [0.717, 1.165) is 52.0 Å². The molecule has 0 saturated carbocycles. The summed E-state index contributed by atoms with van der Waals surface area (Å²) >= 11 is 6.25. The van der Waals surface area contributed by atoms with E-state index >= 15 is 0 Å². The number of benzene rings is 2. The number of fused-ring (bicyclic) bond motifs is 1. The van der Waals surface area contributed by atoms with E-state index in [1.165, 1.54) is 11.6 Å². The molecule has 0 spiro atoms. The average molecular weight is 331 g/mol. The summed E-state index contributed by atoms with van der Waals surface area (Å²) < 4.78 is 13.6. The van der Waals surface area contributed by atoms with Gasteiger partial charge in [-0.05, 0) is 62.1 Å². The Morgan fingerprint density at radius 3 is 2.74 bits per heavy atom. The number of rotatable bonds is 5. The minimum atomic E-state index is -0.233. The summed E-state index contributed by atoms with van der Waals surface area (Å²) in [5.41, 5.74) is 10.7. The van der Waals surface area contributed by atoms with Crippen LogP contribution in [0.4, 0.5) is 4.39 Å². The molecule has 0 radical (unpaired) electrons. The van der Waals surface area contributed by atoms with Crippen molar-refractivity contribution in [1.29, 1.82) is 0 Å². The van der Waals surface area contributed by atoms with Gasteiger partial charge in [-0.1, -0.05) is 29.8 Å². The highest BCUT2D eigenvalue weighted by molar-refractivity contribution is 6.32. The molecule has 0 aliphatic carbocycles. The van der Waals surface area contributed by atoms with Gasteiger partial charge in [0.1, 0.15) is 5.82 Å². The van der Waals surface area contributed by atoms with E-state index in [9.17, 15) is 4.39 Å². The fourth-order valence-corrected chi connectivity index (χ4v) is 3.19. The van der Waals surface area contributed by atoms with Crippen molar-refractivity contribution >= 4 is 22.5 Å². The number of halogens is 2. The first-order valence-electron chi connectivity index (χ1n) is 7.87. The van der Waals surface area contributed by atoms with E-state index < -0.39 is 0 Å². The summed E-state index contributed by atoms with van der Waals surface area (Å²) in [6, 6.07) is 10.7. The van der Waals surface area contributed by atoms with Gasteiger partial charge in [-0.25, -0.2) is 4.39 Å². The molecule has 3 N–H and O–H groups in total. The molecule has 0 unspecified atom stereocenters. The van der Waals surface area contributed by atoms with Gasteiger partial charge in [0, 0.05) is 21.7 Å². The smallest absolute Gasteiger partial charge is 0.123 e. The van der Waals surface area contributed by atoms with E-state index in [-0.39, 0.29) is 5.82 Å². The zero-order valence-electron chi connectivity index (χ0n) is 13.1. The zero-order chi connectivity index (χ0) is 16.4. The van der Waals surface area contributed by atoms with Crippen molar-refractivity contribution in [3.8, 4) is 11.3 Å². The van der Waals surface area contributed by atoms with Crippen LogP contribution in [0.25, 0.3) is 22.2 Å². The molecule has 0 bridgehead atoms. The van der Waals surface area contributed by atoms with Gasteiger partial charge >= 0.3 is 0 Å². The number of aromatic amines is 1. The van der Waals surface area contributed by atoms with E-state index in [4.69, 9.17) is 17.3 Å². The molecule has 3 aromatic rings. The van der Waals surface area contributed by atoms with Gasteiger partial charge in [-0.15, -0.1) is 0 Å². The molecule has 1 aromatic heterocycles. The number of hydrogen-bond acceptors (Lipinski definition) is 1. The van der Waals surface area contributed by atoms with Gasteiger partial charge in [0.2, 0.25) is 0 Å². The van der Waals surface area contributed by atoms with Crippen molar-refractivity contribution in [2.45, 2.75) is 26.2 Å². The second kappa shape index (κ2) is 6.73. The van der Waals surface area contributed by atoms with E-state index in [1.807, 2.05) is 25.1 Å². The van der Waals surface area contributed by atoms with Gasteiger partial charge in [-0.3, -0.25) is 0 Å². The summed E-state index contributed by atoms with van der Waals surface area (Å²) in [6.07, 6.45) is 2.89. The monoisotopic (exact) mass is 330 g/mol. The molecule has 0 aliphatic rings. The van der Waals surface area contributed by atoms with Crippen LogP contribution in [-0.2, 0) is 6.42 Å². The van der Waals surface area contributed by atoms with Crippen LogP contribution < -0.4 is 5.73 Å². The Bertz CT molecular complexity index is 839. The molecule has 4 heteroatoms. The lowest BCUT2D eigenvalue weighted by Gasteiger charge is -2.05. The maximum absolute atomic E-state index is 13.6. The van der Waals surface area contributed by atoms with Gasteiger partial charge in [0.15, 0.2) is 0 Å². The highest BCUT2D eigenvalue weighted by Crippen LogP contribution is 2.35. The average Bonchev–Trinajstić information content (AvgIpc) is 2.91. The number of H-pyrrole nitrogens is 1. The predicted molar refractivity (Wildman–Crippen MR) is 95.4 cm³/mol. The molecule has 0 fully saturated rings. The third kappa shape index (κ3) is 3.12. The Hall–Kier alpha value is -1.84. The third-order valence-corrected chi connectivity index (χ3v) is 4.68. The quantitative estimate of drug-likeness (QED) is 0.619. The maximum Gasteiger partial charge on any atom is 0.123 e. The molecule has 0 amide bonds. The first-order chi connectivity index (χ1) is 11.1. The standard InChI is InChI=1S/C19H20ClFN2/c1-12-17(20)9-8-16-15(7-2-3-10-22)19(23-18(12)16)13-5-4-6-14(21)11-13/h4-6,8-9,11,23H,2-3,7,10,22H2,1H3. The Morgan fingerprint density at radius 1 is 1.17 bits per heavy atom. The van der Waals surface area contributed by atoms with Gasteiger partial charge in [0.05, 0.1) is 5.52 Å². The highest BCUT2D eigenvalue weighted by atomic mass is 35.5. The highest BCUT2D eigenvalue weighted by Gasteiger charge is 2.15. The Morgan fingerprint density at radius 2 is 2.00 bits per heavy atom. The molecule has 0 aliphatic heterocycles. The van der Waals surface area contributed by atoms with Crippen LogP contribution in [0.1, 0.15) is 24.0 Å². The second-order valence-corrected chi connectivity index (χ2v) is 6.24. The molecule has 2 aromatic carbocycles. The van der Waals surface area contributed by atoms with E-state index in [2.05, 4.69) is 4.98 Å². The minimum absolute atomic E-state index is 0.233. The number of unbranched alkanes of at least 4 members (excludes halogenated alkanes) is 1. The normalized spacial score (nSPS) is 11.3. The van der Waals surface area contributed by atoms with Crippen LogP contribution >= 0.6 is 11.6 Å². The van der Waals surface area contributed by atoms with Gasteiger partial charge < -0.3 is 10.7 Å². The van der Waals surface area contributed by atoms with Gasteiger partial charge in [0.25, 0.3) is 0 Å². The van der Waals surface area contributed by atoms with Crippen molar-refractivity contribution < 1.29 is 4.39 Å². The summed E-state index contributed by atoms with van der Waals surface area (Å²) in [5.74, 6) is -0.233. The first kappa shape index (κ1) is 16.0. The van der Waals surface area contributed by atoms with Crippen LogP contribution in [0.3, 0.4) is 0 Å². The molecular weight excluding hydrogens is 311 g/mol. The lowest BCUT2D eigenvalue weighted by molar-refractivity contribution is 0.628. The molecular formula is C19H20ClFN2. The van der Waals surface area contributed by atoms with Crippen molar-refractivity contribution in [1.82, 2.24) is 4.98 Å². The number of nitrogens with one attached hydrogen (secondary N) is 1. The van der Waals surface area contributed by atoms with E-state index in [0.29, 0.717) is 6.54 Å². The van der Waals surface area contributed by atoms with Crippen molar-refractivity contribution in [2.75, 3.05) is 6.54 Å². The summed E-state index contributed by atoms with van der Waals surface area (Å²) in [5, 5.41) is 1.89. The number of hydrogen-bond donors (Lipinski definition) is 2. The van der Waals surface area contributed by atoms with Crippen LogP contribution in [-0.4, -0.2) is 11.5 Å². The van der Waals surface area contributed by atoms with Gasteiger partial charge in [-0.2, -0.15) is 0 Å². The third-order valence-electron chi connectivity index (χ3n) is 4.27. The molecule has 0 atom stereocenters. The molecule has 3 rings (SSSR count). The molecule has 23 heavy (non-hydrogen) atoms. The Kier molecular flexibility index (Phi) is 4.69. The molecule has 2 nitrogen and oxygen atoms in total. The Balaban J connectivity index is 2.18. The maximum atomic E-state index is 13.6. The zero-order valence-corrected chi connectivity index (χ0v) is 13.9. The number of aromatic nitrogens is 1. The van der Waals surface area contributed by atoms with E-state index in [1.54, 1.807) is 12.1 Å². The molecule has 120 valence electrons. The van der Waals surface area contributed by atoms with Crippen LogP contribution in [0, 0.1) is 12.7 Å². The van der Waals surface area contributed by atoms with Crippen molar-refractivity contribution in [3.05, 3.63) is 58.4 Å². The molecule has 1 heterocycles. The van der Waals surface area contributed by atoms with Crippen molar-refractivity contribution in [2.24, 2.45) is 5.73 Å². The summed E-state index contributed by atoms with van der Waals surface area (Å²) in [4.78, 5) is 3.46. The lowest BCUT2D eigenvalue weighted by Crippen LogP contribution is -1.99. The fraction of sp³-hybridized carbons (Fsp3) is 0.263. The predicted octanol–water partition coefficient (Wildman–Crippen LogP) is 5.22.